The van der Waals surface area contributed by atoms with Crippen LogP contribution in [-0.2, 0) is 0 Å². The lowest BCUT2D eigenvalue weighted by Gasteiger charge is -2.06. The zero-order valence-electron chi connectivity index (χ0n) is 11.0. The highest BCUT2D eigenvalue weighted by Gasteiger charge is 2.09. The van der Waals surface area contributed by atoms with Gasteiger partial charge in [0.15, 0.2) is 5.43 Å². The SMILES string of the molecule is CC=C(C)C=C(C)c1cc(=O)c(C)c(OC)o1. The molecule has 0 radical (unpaired) electrons. The van der Waals surface area contributed by atoms with Gasteiger partial charge in [-0.2, -0.15) is 0 Å². The molecule has 0 saturated carbocycles. The lowest BCUT2D eigenvalue weighted by molar-refractivity contribution is 0.289. The van der Waals surface area contributed by atoms with Crippen LogP contribution in [0.5, 0.6) is 5.95 Å². The first-order valence-corrected chi connectivity index (χ1v) is 5.50. The molecule has 0 aliphatic heterocycles. The number of hydrogen-bond acceptors (Lipinski definition) is 3. The lowest BCUT2D eigenvalue weighted by atomic mass is 10.1. The fourth-order valence-corrected chi connectivity index (χ4v) is 1.42. The van der Waals surface area contributed by atoms with E-state index >= 15 is 0 Å². The number of methoxy groups -OCH3 is 1. The van der Waals surface area contributed by atoms with Crippen molar-refractivity contribution >= 4 is 5.57 Å². The first-order valence-electron chi connectivity index (χ1n) is 5.50. The monoisotopic (exact) mass is 234 g/mol. The summed E-state index contributed by atoms with van der Waals surface area (Å²) in [6, 6.07) is 1.49. The second-order valence-corrected chi connectivity index (χ2v) is 3.95. The van der Waals surface area contributed by atoms with E-state index in [1.165, 1.54) is 13.2 Å². The maximum Gasteiger partial charge on any atom is 0.291 e. The summed E-state index contributed by atoms with van der Waals surface area (Å²) >= 11 is 0. The Kier molecular flexibility index (Phi) is 4.32. The van der Waals surface area contributed by atoms with Gasteiger partial charge in [0.1, 0.15) is 5.76 Å². The van der Waals surface area contributed by atoms with Crippen molar-refractivity contribution in [3.8, 4) is 5.95 Å². The summed E-state index contributed by atoms with van der Waals surface area (Å²) in [4.78, 5) is 11.7. The van der Waals surface area contributed by atoms with Crippen LogP contribution in [0.1, 0.15) is 32.1 Å². The van der Waals surface area contributed by atoms with Gasteiger partial charge in [-0.1, -0.05) is 17.7 Å². The fourth-order valence-electron chi connectivity index (χ4n) is 1.42. The van der Waals surface area contributed by atoms with Crippen LogP contribution in [0.25, 0.3) is 5.57 Å². The molecule has 0 spiro atoms. The molecule has 0 fully saturated rings. The average Bonchev–Trinajstić information content (AvgIpc) is 2.32. The predicted molar refractivity (Wildman–Crippen MR) is 69.3 cm³/mol. The highest BCUT2D eigenvalue weighted by Crippen LogP contribution is 2.21. The molecule has 0 aromatic carbocycles. The first kappa shape index (κ1) is 13.3. The van der Waals surface area contributed by atoms with E-state index in [9.17, 15) is 4.79 Å². The Morgan fingerprint density at radius 1 is 1.41 bits per heavy atom. The van der Waals surface area contributed by atoms with Crippen LogP contribution in [0, 0.1) is 6.92 Å². The quantitative estimate of drug-likeness (QED) is 0.753. The van der Waals surface area contributed by atoms with Gasteiger partial charge >= 0.3 is 0 Å². The highest BCUT2D eigenvalue weighted by atomic mass is 16.6. The molecule has 0 saturated heterocycles. The van der Waals surface area contributed by atoms with Gasteiger partial charge in [-0.05, 0) is 33.3 Å². The maximum atomic E-state index is 11.7. The Balaban J connectivity index is 3.29. The summed E-state index contributed by atoms with van der Waals surface area (Å²) in [5.74, 6) is 0.817. The Hall–Kier alpha value is -1.77. The molecule has 1 heterocycles. The van der Waals surface area contributed by atoms with Crippen molar-refractivity contribution in [3.63, 3.8) is 0 Å². The molecule has 92 valence electrons. The smallest absolute Gasteiger partial charge is 0.291 e. The van der Waals surface area contributed by atoms with E-state index in [1.807, 2.05) is 32.9 Å². The molecule has 1 rings (SSSR count). The second-order valence-electron chi connectivity index (χ2n) is 3.95. The molecule has 0 unspecified atom stereocenters. The van der Waals surface area contributed by atoms with Crippen molar-refractivity contribution in [1.82, 2.24) is 0 Å². The van der Waals surface area contributed by atoms with Crippen LogP contribution < -0.4 is 10.2 Å². The van der Waals surface area contributed by atoms with Gasteiger partial charge < -0.3 is 9.15 Å². The van der Waals surface area contributed by atoms with E-state index in [0.29, 0.717) is 11.3 Å². The molecular formula is C14H18O3. The number of rotatable bonds is 3. The molecule has 1 aromatic rings. The lowest BCUT2D eigenvalue weighted by Crippen LogP contribution is -2.06. The van der Waals surface area contributed by atoms with E-state index in [-0.39, 0.29) is 11.4 Å². The fraction of sp³-hybridized carbons (Fsp3) is 0.357. The van der Waals surface area contributed by atoms with Crippen LogP contribution in [0.4, 0.5) is 0 Å². The van der Waals surface area contributed by atoms with E-state index < -0.39 is 0 Å². The Labute approximate surface area is 101 Å². The minimum absolute atomic E-state index is 0.0750. The van der Waals surface area contributed by atoms with Gasteiger partial charge in [0.05, 0.1) is 12.7 Å². The normalized spacial score (nSPS) is 12.8. The summed E-state index contributed by atoms with van der Waals surface area (Å²) in [6.07, 6.45) is 3.96. The van der Waals surface area contributed by atoms with E-state index in [1.54, 1.807) is 6.92 Å². The Morgan fingerprint density at radius 3 is 2.59 bits per heavy atom. The standard InChI is InChI=1S/C14H18O3/c1-6-9(2)7-10(3)13-8-12(15)11(4)14(16-5)17-13/h6-8H,1-5H3. The van der Waals surface area contributed by atoms with Crippen molar-refractivity contribution in [2.45, 2.75) is 27.7 Å². The molecule has 0 bridgehead atoms. The molecule has 0 N–H and O–H groups in total. The van der Waals surface area contributed by atoms with Crippen molar-refractivity contribution in [1.29, 1.82) is 0 Å². The third-order valence-electron chi connectivity index (χ3n) is 2.61. The minimum atomic E-state index is -0.0750. The van der Waals surface area contributed by atoms with Crippen molar-refractivity contribution in [2.24, 2.45) is 0 Å². The van der Waals surface area contributed by atoms with Crippen LogP contribution in [0.15, 0.2) is 33.0 Å². The Morgan fingerprint density at radius 2 is 2.06 bits per heavy atom. The molecule has 1 aromatic heterocycles. The molecular weight excluding hydrogens is 216 g/mol. The molecule has 3 nitrogen and oxygen atoms in total. The second kappa shape index (κ2) is 5.53. The van der Waals surface area contributed by atoms with E-state index in [2.05, 4.69) is 0 Å². The Bertz CT molecular complexity index is 519. The number of ether oxygens (including phenoxy) is 1. The minimum Gasteiger partial charge on any atom is -0.468 e. The molecule has 3 heteroatoms. The van der Waals surface area contributed by atoms with Crippen LogP contribution in [0.2, 0.25) is 0 Å². The van der Waals surface area contributed by atoms with Gasteiger partial charge in [0, 0.05) is 6.07 Å². The molecule has 0 aliphatic carbocycles. The van der Waals surface area contributed by atoms with Crippen LogP contribution in [0.3, 0.4) is 0 Å². The predicted octanol–water partition coefficient (Wildman–Crippen LogP) is 3.33. The van der Waals surface area contributed by atoms with E-state index in [0.717, 1.165) is 11.1 Å². The zero-order valence-corrected chi connectivity index (χ0v) is 11.0. The van der Waals surface area contributed by atoms with Crippen molar-refractivity contribution in [2.75, 3.05) is 7.11 Å². The topological polar surface area (TPSA) is 39.4 Å². The third-order valence-corrected chi connectivity index (χ3v) is 2.61. The van der Waals surface area contributed by atoms with Gasteiger partial charge in [0.2, 0.25) is 0 Å². The molecule has 0 atom stereocenters. The molecule has 0 aliphatic rings. The van der Waals surface area contributed by atoms with E-state index in [4.69, 9.17) is 9.15 Å². The van der Waals surface area contributed by atoms with Crippen LogP contribution >= 0.6 is 0 Å². The van der Waals surface area contributed by atoms with Crippen molar-refractivity contribution in [3.05, 3.63) is 45.3 Å². The number of hydrogen-bond donors (Lipinski definition) is 0. The third kappa shape index (κ3) is 3.09. The molecule has 0 amide bonds. The summed E-state index contributed by atoms with van der Waals surface area (Å²) in [6.45, 7) is 7.54. The van der Waals surface area contributed by atoms with Gasteiger partial charge in [0.25, 0.3) is 5.95 Å². The summed E-state index contributed by atoms with van der Waals surface area (Å²) < 4.78 is 10.6. The van der Waals surface area contributed by atoms with Gasteiger partial charge in [-0.15, -0.1) is 0 Å². The summed E-state index contributed by atoms with van der Waals surface area (Å²) in [7, 11) is 1.49. The van der Waals surface area contributed by atoms with Gasteiger partial charge in [-0.25, -0.2) is 0 Å². The van der Waals surface area contributed by atoms with Crippen molar-refractivity contribution < 1.29 is 9.15 Å². The van der Waals surface area contributed by atoms with Crippen LogP contribution in [-0.4, -0.2) is 7.11 Å². The highest BCUT2D eigenvalue weighted by molar-refractivity contribution is 5.62. The summed E-state index contributed by atoms with van der Waals surface area (Å²) in [5, 5.41) is 0. The van der Waals surface area contributed by atoms with Gasteiger partial charge in [-0.3, -0.25) is 4.79 Å². The number of allylic oxidation sites excluding steroid dienone is 4. The first-order chi connectivity index (χ1) is 7.99. The molecule has 17 heavy (non-hydrogen) atoms. The zero-order chi connectivity index (χ0) is 13.0. The largest absolute Gasteiger partial charge is 0.468 e. The summed E-state index contributed by atoms with van der Waals surface area (Å²) in [5.41, 5.74) is 2.43. The maximum absolute atomic E-state index is 11.7. The average molecular weight is 234 g/mol.